The topological polar surface area (TPSA) is 46.5 Å². The number of carboxylic acids is 1. The van der Waals surface area contributed by atoms with Crippen molar-refractivity contribution in [3.63, 3.8) is 0 Å². The second-order valence-corrected chi connectivity index (χ2v) is 5.09. The molecule has 1 fully saturated rings. The Morgan fingerprint density at radius 3 is 2.75 bits per heavy atom. The summed E-state index contributed by atoms with van der Waals surface area (Å²) in [6.45, 7) is 0.277. The van der Waals surface area contributed by atoms with Crippen LogP contribution in [0.5, 0.6) is 0 Å². The lowest BCUT2D eigenvalue weighted by atomic mass is 9.98. The van der Waals surface area contributed by atoms with Crippen molar-refractivity contribution in [2.75, 3.05) is 0 Å². The number of benzene rings is 1. The fourth-order valence-corrected chi connectivity index (χ4v) is 2.39. The molecule has 1 aromatic rings. The fourth-order valence-electron chi connectivity index (χ4n) is 2.39. The summed E-state index contributed by atoms with van der Waals surface area (Å²) in [4.78, 5) is 10.4. The SMILES string of the molecule is O=C(O)C=Cc1ccc(COC2CCCCC2)c(F)c1. The van der Waals surface area contributed by atoms with Crippen LogP contribution >= 0.6 is 0 Å². The second-order valence-electron chi connectivity index (χ2n) is 5.09. The zero-order valence-electron chi connectivity index (χ0n) is 11.3. The van der Waals surface area contributed by atoms with Crippen LogP contribution in [-0.4, -0.2) is 17.2 Å². The lowest BCUT2D eigenvalue weighted by Crippen LogP contribution is -2.16. The Hall–Kier alpha value is -1.68. The van der Waals surface area contributed by atoms with Gasteiger partial charge in [-0.15, -0.1) is 0 Å². The van der Waals surface area contributed by atoms with Gasteiger partial charge in [-0.3, -0.25) is 0 Å². The average molecular weight is 278 g/mol. The van der Waals surface area contributed by atoms with Gasteiger partial charge in [-0.1, -0.05) is 31.4 Å². The molecule has 0 bridgehead atoms. The van der Waals surface area contributed by atoms with Crippen molar-refractivity contribution in [3.8, 4) is 0 Å². The van der Waals surface area contributed by atoms with Crippen molar-refractivity contribution < 1.29 is 19.0 Å². The molecule has 0 unspecified atom stereocenters. The summed E-state index contributed by atoms with van der Waals surface area (Å²) in [5, 5.41) is 8.53. The molecule has 0 radical (unpaired) electrons. The second kappa shape index (κ2) is 7.20. The molecule has 1 aliphatic rings. The van der Waals surface area contributed by atoms with E-state index in [9.17, 15) is 9.18 Å². The molecule has 0 heterocycles. The maximum absolute atomic E-state index is 13.9. The highest BCUT2D eigenvalue weighted by molar-refractivity contribution is 5.85. The van der Waals surface area contributed by atoms with Gasteiger partial charge in [0, 0.05) is 11.6 Å². The minimum atomic E-state index is -1.05. The van der Waals surface area contributed by atoms with Gasteiger partial charge in [-0.2, -0.15) is 0 Å². The van der Waals surface area contributed by atoms with Crippen LogP contribution in [0.4, 0.5) is 4.39 Å². The van der Waals surface area contributed by atoms with Crippen LogP contribution in [0.25, 0.3) is 6.08 Å². The van der Waals surface area contributed by atoms with E-state index in [4.69, 9.17) is 9.84 Å². The number of hydrogen-bond donors (Lipinski definition) is 1. The van der Waals surface area contributed by atoms with Crippen LogP contribution in [-0.2, 0) is 16.1 Å². The van der Waals surface area contributed by atoms with Gasteiger partial charge in [-0.05, 0) is 30.5 Å². The molecular weight excluding hydrogens is 259 g/mol. The molecule has 0 aliphatic heterocycles. The third-order valence-corrected chi connectivity index (χ3v) is 3.52. The molecule has 1 aromatic carbocycles. The fraction of sp³-hybridized carbons (Fsp3) is 0.438. The summed E-state index contributed by atoms with van der Waals surface area (Å²) < 4.78 is 19.6. The zero-order valence-corrected chi connectivity index (χ0v) is 11.3. The van der Waals surface area contributed by atoms with Crippen molar-refractivity contribution >= 4 is 12.0 Å². The Labute approximate surface area is 118 Å². The normalized spacial score (nSPS) is 16.6. The number of carbonyl (C=O) groups is 1. The van der Waals surface area contributed by atoms with E-state index in [1.54, 1.807) is 12.1 Å². The van der Waals surface area contributed by atoms with Gasteiger partial charge < -0.3 is 9.84 Å². The summed E-state index contributed by atoms with van der Waals surface area (Å²) >= 11 is 0. The van der Waals surface area contributed by atoms with E-state index in [1.807, 2.05) is 0 Å². The van der Waals surface area contributed by atoms with E-state index < -0.39 is 5.97 Å². The lowest BCUT2D eigenvalue weighted by Gasteiger charge is -2.22. The molecule has 108 valence electrons. The first-order valence-corrected chi connectivity index (χ1v) is 6.96. The molecular formula is C16H19FO3. The summed E-state index contributed by atoms with van der Waals surface area (Å²) in [5.74, 6) is -1.40. The highest BCUT2D eigenvalue weighted by Crippen LogP contribution is 2.22. The van der Waals surface area contributed by atoms with Gasteiger partial charge in [0.2, 0.25) is 0 Å². The van der Waals surface area contributed by atoms with E-state index in [1.165, 1.54) is 31.4 Å². The molecule has 1 saturated carbocycles. The predicted molar refractivity (Wildman–Crippen MR) is 74.7 cm³/mol. The molecule has 0 atom stereocenters. The van der Waals surface area contributed by atoms with E-state index in [2.05, 4.69) is 0 Å². The quantitative estimate of drug-likeness (QED) is 0.834. The van der Waals surface area contributed by atoms with Gasteiger partial charge in [0.1, 0.15) is 5.82 Å². The zero-order chi connectivity index (χ0) is 14.4. The molecule has 0 aromatic heterocycles. The van der Waals surface area contributed by atoms with Crippen molar-refractivity contribution in [1.82, 2.24) is 0 Å². The van der Waals surface area contributed by atoms with E-state index in [0.29, 0.717) is 11.1 Å². The largest absolute Gasteiger partial charge is 0.478 e. The number of halogens is 1. The number of ether oxygens (including phenoxy) is 1. The molecule has 0 saturated heterocycles. The summed E-state index contributed by atoms with van der Waals surface area (Å²) in [6, 6.07) is 4.68. The predicted octanol–water partition coefficient (Wildman–Crippen LogP) is 3.77. The Morgan fingerprint density at radius 1 is 1.35 bits per heavy atom. The van der Waals surface area contributed by atoms with Gasteiger partial charge in [0.05, 0.1) is 12.7 Å². The molecule has 1 aliphatic carbocycles. The third-order valence-electron chi connectivity index (χ3n) is 3.52. The molecule has 0 spiro atoms. The minimum absolute atomic E-state index is 0.245. The molecule has 3 nitrogen and oxygen atoms in total. The highest BCUT2D eigenvalue weighted by atomic mass is 19.1. The molecule has 4 heteroatoms. The number of hydrogen-bond acceptors (Lipinski definition) is 2. The van der Waals surface area contributed by atoms with Crippen molar-refractivity contribution in [1.29, 1.82) is 0 Å². The van der Waals surface area contributed by atoms with Crippen molar-refractivity contribution in [2.24, 2.45) is 0 Å². The molecule has 20 heavy (non-hydrogen) atoms. The van der Waals surface area contributed by atoms with Crippen LogP contribution in [0, 0.1) is 5.82 Å². The van der Waals surface area contributed by atoms with Gasteiger partial charge in [0.25, 0.3) is 0 Å². The average Bonchev–Trinajstić information content (AvgIpc) is 2.45. The first-order chi connectivity index (χ1) is 9.65. The van der Waals surface area contributed by atoms with Gasteiger partial charge in [-0.25, -0.2) is 9.18 Å². The molecule has 0 amide bonds. The molecule has 1 N–H and O–H groups in total. The Bertz CT molecular complexity index is 490. The minimum Gasteiger partial charge on any atom is -0.478 e. The Balaban J connectivity index is 1.93. The van der Waals surface area contributed by atoms with E-state index >= 15 is 0 Å². The highest BCUT2D eigenvalue weighted by Gasteiger charge is 2.14. The van der Waals surface area contributed by atoms with Crippen LogP contribution < -0.4 is 0 Å². The van der Waals surface area contributed by atoms with E-state index in [-0.39, 0.29) is 18.5 Å². The lowest BCUT2D eigenvalue weighted by molar-refractivity contribution is -0.131. The van der Waals surface area contributed by atoms with Crippen LogP contribution in [0.2, 0.25) is 0 Å². The number of aliphatic carboxylic acids is 1. The van der Waals surface area contributed by atoms with E-state index in [0.717, 1.165) is 18.9 Å². The third kappa shape index (κ3) is 4.46. The van der Waals surface area contributed by atoms with Crippen molar-refractivity contribution in [2.45, 2.75) is 44.8 Å². The van der Waals surface area contributed by atoms with Gasteiger partial charge in [0.15, 0.2) is 0 Å². The summed E-state index contributed by atoms with van der Waals surface area (Å²) in [7, 11) is 0. The smallest absolute Gasteiger partial charge is 0.328 e. The first-order valence-electron chi connectivity index (χ1n) is 6.96. The monoisotopic (exact) mass is 278 g/mol. The number of carboxylic acid groups (broad SMARTS) is 1. The summed E-state index contributed by atoms with van der Waals surface area (Å²) in [6.07, 6.45) is 8.36. The Morgan fingerprint density at radius 2 is 2.10 bits per heavy atom. The van der Waals surface area contributed by atoms with Gasteiger partial charge >= 0.3 is 5.97 Å². The number of rotatable bonds is 5. The summed E-state index contributed by atoms with van der Waals surface area (Å²) in [5.41, 5.74) is 1.05. The maximum atomic E-state index is 13.9. The van der Waals surface area contributed by atoms with Crippen LogP contribution in [0.3, 0.4) is 0 Å². The van der Waals surface area contributed by atoms with Crippen LogP contribution in [0.1, 0.15) is 43.2 Å². The first kappa shape index (κ1) is 14.7. The van der Waals surface area contributed by atoms with Crippen LogP contribution in [0.15, 0.2) is 24.3 Å². The van der Waals surface area contributed by atoms with Crippen molar-refractivity contribution in [3.05, 3.63) is 41.2 Å². The Kier molecular flexibility index (Phi) is 5.30. The maximum Gasteiger partial charge on any atom is 0.328 e. The molecule has 2 rings (SSSR count). The standard InChI is InChI=1S/C16H19FO3/c17-15-10-12(7-9-16(18)19)6-8-13(15)11-20-14-4-2-1-3-5-14/h6-10,14H,1-5,11H2,(H,18,19).